The van der Waals surface area contributed by atoms with Crippen LogP contribution in [-0.2, 0) is 9.53 Å². The van der Waals surface area contributed by atoms with Crippen LogP contribution in [0, 0.1) is 18.2 Å². The molecule has 0 saturated heterocycles. The molecular formula is C27H21FN2O5. The Morgan fingerprint density at radius 2 is 1.66 bits per heavy atom. The van der Waals surface area contributed by atoms with Gasteiger partial charge in [0, 0.05) is 18.0 Å². The zero-order valence-electron chi connectivity index (χ0n) is 18.5. The fraction of sp³-hybridized carbons (Fsp3) is 0.148. The van der Waals surface area contributed by atoms with E-state index in [1.165, 1.54) is 0 Å². The lowest BCUT2D eigenvalue weighted by Crippen LogP contribution is -2.44. The Morgan fingerprint density at radius 1 is 1.03 bits per heavy atom. The summed E-state index contributed by atoms with van der Waals surface area (Å²) in [4.78, 5) is 36.3. The summed E-state index contributed by atoms with van der Waals surface area (Å²) < 4.78 is 19.2. The SMILES string of the molecule is C#CCC(NC(=O)OCC1c2ccccc2-c2ccccc21)C(=O)Nc1cc(F)cc(C(=O)O)c1. The molecule has 3 N–H and O–H groups in total. The number of terminal acetylenes is 1. The van der Waals surface area contributed by atoms with E-state index >= 15 is 0 Å². The lowest BCUT2D eigenvalue weighted by Gasteiger charge is -2.18. The van der Waals surface area contributed by atoms with E-state index in [0.29, 0.717) is 0 Å². The molecule has 0 saturated carbocycles. The van der Waals surface area contributed by atoms with Crippen molar-refractivity contribution in [2.45, 2.75) is 18.4 Å². The predicted octanol–water partition coefficient (Wildman–Crippen LogP) is 4.39. The normalized spacial score (nSPS) is 12.6. The number of anilines is 1. The van der Waals surface area contributed by atoms with E-state index in [9.17, 15) is 18.8 Å². The molecule has 0 fully saturated rings. The van der Waals surface area contributed by atoms with Crippen LogP contribution in [-0.4, -0.2) is 35.7 Å². The predicted molar refractivity (Wildman–Crippen MR) is 127 cm³/mol. The van der Waals surface area contributed by atoms with Gasteiger partial charge in [-0.1, -0.05) is 48.5 Å². The van der Waals surface area contributed by atoms with Gasteiger partial charge >= 0.3 is 12.1 Å². The Morgan fingerprint density at radius 3 is 2.26 bits per heavy atom. The third-order valence-corrected chi connectivity index (χ3v) is 5.69. The molecule has 0 spiro atoms. The van der Waals surface area contributed by atoms with E-state index < -0.39 is 29.8 Å². The van der Waals surface area contributed by atoms with Gasteiger partial charge in [-0.25, -0.2) is 14.0 Å². The van der Waals surface area contributed by atoms with Crippen LogP contribution in [0.25, 0.3) is 11.1 Å². The number of hydrogen-bond acceptors (Lipinski definition) is 4. The zero-order chi connectivity index (χ0) is 24.9. The summed E-state index contributed by atoms with van der Waals surface area (Å²) in [5.74, 6) is -0.775. The number of halogens is 1. The largest absolute Gasteiger partial charge is 0.478 e. The van der Waals surface area contributed by atoms with E-state index in [0.717, 1.165) is 40.5 Å². The highest BCUT2D eigenvalue weighted by molar-refractivity contribution is 5.98. The minimum Gasteiger partial charge on any atom is -0.478 e. The maximum absolute atomic E-state index is 13.7. The lowest BCUT2D eigenvalue weighted by molar-refractivity contribution is -0.118. The monoisotopic (exact) mass is 472 g/mol. The second-order valence-electron chi connectivity index (χ2n) is 7.95. The Bertz CT molecular complexity index is 1300. The summed E-state index contributed by atoms with van der Waals surface area (Å²) in [6.45, 7) is 0.0517. The molecule has 35 heavy (non-hydrogen) atoms. The summed E-state index contributed by atoms with van der Waals surface area (Å²) >= 11 is 0. The summed E-state index contributed by atoms with van der Waals surface area (Å²) in [5.41, 5.74) is 3.83. The molecule has 0 heterocycles. The average molecular weight is 472 g/mol. The molecule has 1 atom stereocenters. The van der Waals surface area contributed by atoms with Crippen molar-refractivity contribution in [2.24, 2.45) is 0 Å². The summed E-state index contributed by atoms with van der Waals surface area (Å²) in [5, 5.41) is 13.9. The second-order valence-corrected chi connectivity index (χ2v) is 7.95. The number of benzene rings is 3. The number of hydrogen-bond donors (Lipinski definition) is 3. The first-order valence-corrected chi connectivity index (χ1v) is 10.8. The third-order valence-electron chi connectivity index (χ3n) is 5.69. The molecule has 3 aromatic carbocycles. The first-order chi connectivity index (χ1) is 16.9. The van der Waals surface area contributed by atoms with Crippen LogP contribution in [0.4, 0.5) is 14.9 Å². The fourth-order valence-corrected chi connectivity index (χ4v) is 4.12. The molecule has 1 unspecified atom stereocenters. The van der Waals surface area contributed by atoms with Crippen LogP contribution < -0.4 is 10.6 Å². The number of ether oxygens (including phenoxy) is 1. The quantitative estimate of drug-likeness (QED) is 0.443. The third kappa shape index (κ3) is 5.14. The molecule has 1 aliphatic carbocycles. The highest BCUT2D eigenvalue weighted by Crippen LogP contribution is 2.44. The van der Waals surface area contributed by atoms with Crippen LogP contribution >= 0.6 is 0 Å². The molecule has 4 rings (SSSR count). The summed E-state index contributed by atoms with van der Waals surface area (Å²) in [6.07, 6.45) is 4.35. The number of amides is 2. The zero-order valence-corrected chi connectivity index (χ0v) is 18.5. The van der Waals surface area contributed by atoms with Gasteiger partial charge in [-0.15, -0.1) is 12.3 Å². The molecule has 8 heteroatoms. The van der Waals surface area contributed by atoms with Crippen molar-refractivity contribution >= 4 is 23.7 Å². The minimum absolute atomic E-state index is 0.0517. The maximum atomic E-state index is 13.7. The summed E-state index contributed by atoms with van der Waals surface area (Å²) in [7, 11) is 0. The van der Waals surface area contributed by atoms with Crippen molar-refractivity contribution in [3.05, 3.63) is 89.2 Å². The van der Waals surface area contributed by atoms with E-state index in [4.69, 9.17) is 16.3 Å². The van der Waals surface area contributed by atoms with Gasteiger partial charge in [0.2, 0.25) is 5.91 Å². The highest BCUT2D eigenvalue weighted by atomic mass is 19.1. The maximum Gasteiger partial charge on any atom is 0.407 e. The van der Waals surface area contributed by atoms with Gasteiger partial charge in [-0.3, -0.25) is 4.79 Å². The number of carbonyl (C=O) groups is 3. The van der Waals surface area contributed by atoms with Crippen LogP contribution in [0.1, 0.15) is 33.8 Å². The van der Waals surface area contributed by atoms with Crippen LogP contribution in [0.2, 0.25) is 0 Å². The number of rotatable bonds is 7. The molecule has 1 aliphatic rings. The first kappa shape index (κ1) is 23.5. The van der Waals surface area contributed by atoms with E-state index in [2.05, 4.69) is 16.6 Å². The number of fused-ring (bicyclic) bond motifs is 3. The molecule has 0 aliphatic heterocycles. The second kappa shape index (κ2) is 10.1. The molecule has 176 valence electrons. The van der Waals surface area contributed by atoms with E-state index in [-0.39, 0.29) is 30.2 Å². The van der Waals surface area contributed by atoms with Crippen molar-refractivity contribution in [3.8, 4) is 23.5 Å². The van der Waals surface area contributed by atoms with Gasteiger partial charge in [0.25, 0.3) is 0 Å². The smallest absolute Gasteiger partial charge is 0.407 e. The minimum atomic E-state index is -1.35. The van der Waals surface area contributed by atoms with Gasteiger partial charge < -0.3 is 20.5 Å². The Kier molecular flexibility index (Phi) is 6.78. The summed E-state index contributed by atoms with van der Waals surface area (Å²) in [6, 6.07) is 17.5. The topological polar surface area (TPSA) is 105 Å². The molecule has 3 aromatic rings. The van der Waals surface area contributed by atoms with Crippen molar-refractivity contribution < 1.29 is 28.6 Å². The van der Waals surface area contributed by atoms with Gasteiger partial charge in [-0.2, -0.15) is 0 Å². The van der Waals surface area contributed by atoms with Crippen molar-refractivity contribution in [1.29, 1.82) is 0 Å². The van der Waals surface area contributed by atoms with Gasteiger partial charge in [-0.05, 0) is 40.5 Å². The fourth-order valence-electron chi connectivity index (χ4n) is 4.12. The number of aromatic carboxylic acids is 1. The molecule has 0 aromatic heterocycles. The number of carbonyl (C=O) groups excluding carboxylic acids is 2. The molecular weight excluding hydrogens is 451 g/mol. The highest BCUT2D eigenvalue weighted by Gasteiger charge is 2.29. The molecule has 2 amide bonds. The van der Waals surface area contributed by atoms with Crippen molar-refractivity contribution in [1.82, 2.24) is 5.32 Å². The van der Waals surface area contributed by atoms with Gasteiger partial charge in [0.05, 0.1) is 5.56 Å². The van der Waals surface area contributed by atoms with Gasteiger partial charge in [0.1, 0.15) is 18.5 Å². The Balaban J connectivity index is 1.42. The molecule has 7 nitrogen and oxygen atoms in total. The Hall–Kier alpha value is -4.64. The molecule has 0 radical (unpaired) electrons. The number of alkyl carbamates (subject to hydrolysis) is 1. The standard InChI is InChI=1S/C27H21FN2O5/c1-2-7-24(25(31)29-18-13-16(26(32)33)12-17(28)14-18)30-27(34)35-15-23-21-10-5-3-8-19(21)20-9-4-6-11-22(20)23/h1,3-6,8-14,23-24H,7,15H2,(H,29,31)(H,30,34)(H,32,33). The van der Waals surface area contributed by atoms with Crippen molar-refractivity contribution in [2.75, 3.05) is 11.9 Å². The molecule has 0 bridgehead atoms. The van der Waals surface area contributed by atoms with Crippen LogP contribution in [0.5, 0.6) is 0 Å². The van der Waals surface area contributed by atoms with Gasteiger partial charge in [0.15, 0.2) is 0 Å². The lowest BCUT2D eigenvalue weighted by atomic mass is 9.98. The number of carboxylic acids is 1. The Labute approximate surface area is 200 Å². The van der Waals surface area contributed by atoms with Crippen LogP contribution in [0.15, 0.2) is 66.7 Å². The number of nitrogens with one attached hydrogen (secondary N) is 2. The van der Waals surface area contributed by atoms with Crippen LogP contribution in [0.3, 0.4) is 0 Å². The first-order valence-electron chi connectivity index (χ1n) is 10.8. The average Bonchev–Trinajstić information content (AvgIpc) is 3.16. The number of carboxylic acid groups (broad SMARTS) is 1. The van der Waals surface area contributed by atoms with Crippen molar-refractivity contribution in [3.63, 3.8) is 0 Å². The van der Waals surface area contributed by atoms with E-state index in [1.807, 2.05) is 48.5 Å². The van der Waals surface area contributed by atoms with E-state index in [1.54, 1.807) is 0 Å².